The Labute approximate surface area is 177 Å². The minimum absolute atomic E-state index is 0.0546. The molecule has 1 aliphatic rings. The van der Waals surface area contributed by atoms with Crippen LogP contribution >= 0.6 is 35.0 Å². The Morgan fingerprint density at radius 1 is 1.00 bits per heavy atom. The summed E-state index contributed by atoms with van der Waals surface area (Å²) >= 11 is 13.5. The van der Waals surface area contributed by atoms with E-state index in [0.717, 1.165) is 11.6 Å². The summed E-state index contributed by atoms with van der Waals surface area (Å²) in [6.45, 7) is 1.80. The van der Waals surface area contributed by atoms with E-state index < -0.39 is 5.82 Å². The van der Waals surface area contributed by atoms with Crippen molar-refractivity contribution < 1.29 is 14.0 Å². The number of thioether (sulfide) groups is 1. The SMILES string of the molecule is O=C(CSCc1cccc(Cl)c1)N1CCN(C(=O)c2ccc(F)cc2Cl)CC1. The molecule has 0 bridgehead atoms. The lowest BCUT2D eigenvalue weighted by Crippen LogP contribution is -2.51. The van der Waals surface area contributed by atoms with Crippen molar-refractivity contribution in [2.75, 3.05) is 31.9 Å². The average Bonchev–Trinajstić information content (AvgIpc) is 2.67. The van der Waals surface area contributed by atoms with Gasteiger partial charge >= 0.3 is 0 Å². The van der Waals surface area contributed by atoms with Gasteiger partial charge in [0, 0.05) is 37.0 Å². The molecular weight excluding hydrogens is 422 g/mol. The van der Waals surface area contributed by atoms with Gasteiger partial charge in [0.1, 0.15) is 5.82 Å². The van der Waals surface area contributed by atoms with E-state index in [4.69, 9.17) is 23.2 Å². The summed E-state index contributed by atoms with van der Waals surface area (Å²) in [5, 5.41) is 0.785. The van der Waals surface area contributed by atoms with Crippen molar-refractivity contribution in [2.24, 2.45) is 0 Å². The molecule has 2 amide bonds. The van der Waals surface area contributed by atoms with Crippen LogP contribution in [0, 0.1) is 5.82 Å². The number of halogens is 3. The second-order valence-corrected chi connectivity index (χ2v) is 8.25. The van der Waals surface area contributed by atoms with Crippen molar-refractivity contribution in [3.63, 3.8) is 0 Å². The van der Waals surface area contributed by atoms with Gasteiger partial charge < -0.3 is 9.80 Å². The van der Waals surface area contributed by atoms with Crippen LogP contribution < -0.4 is 0 Å². The molecule has 1 heterocycles. The van der Waals surface area contributed by atoms with Crippen LogP contribution in [0.15, 0.2) is 42.5 Å². The van der Waals surface area contributed by atoms with Crippen LogP contribution in [0.2, 0.25) is 10.0 Å². The highest BCUT2D eigenvalue weighted by molar-refractivity contribution is 7.99. The van der Waals surface area contributed by atoms with Crippen LogP contribution in [-0.4, -0.2) is 53.5 Å². The van der Waals surface area contributed by atoms with Gasteiger partial charge in [0.2, 0.25) is 5.91 Å². The fourth-order valence-corrected chi connectivity index (χ4v) is 4.30. The van der Waals surface area contributed by atoms with Crippen molar-refractivity contribution in [1.82, 2.24) is 9.80 Å². The fraction of sp³-hybridized carbons (Fsp3) is 0.300. The zero-order valence-corrected chi connectivity index (χ0v) is 17.4. The summed E-state index contributed by atoms with van der Waals surface area (Å²) in [4.78, 5) is 28.4. The highest BCUT2D eigenvalue weighted by Gasteiger charge is 2.25. The highest BCUT2D eigenvalue weighted by atomic mass is 35.5. The van der Waals surface area contributed by atoms with Gasteiger partial charge in [-0.15, -0.1) is 11.8 Å². The van der Waals surface area contributed by atoms with E-state index in [-0.39, 0.29) is 22.4 Å². The van der Waals surface area contributed by atoms with Crippen LogP contribution in [0.25, 0.3) is 0 Å². The molecule has 3 rings (SSSR count). The summed E-state index contributed by atoms with van der Waals surface area (Å²) in [5.74, 6) is 0.427. The smallest absolute Gasteiger partial charge is 0.255 e. The van der Waals surface area contributed by atoms with Crippen molar-refractivity contribution in [2.45, 2.75) is 5.75 Å². The van der Waals surface area contributed by atoms with E-state index in [1.807, 2.05) is 24.3 Å². The predicted molar refractivity (Wildman–Crippen MR) is 112 cm³/mol. The first-order chi connectivity index (χ1) is 13.4. The Hall–Kier alpha value is -1.76. The van der Waals surface area contributed by atoms with Gasteiger partial charge in [-0.05, 0) is 35.9 Å². The zero-order chi connectivity index (χ0) is 20.1. The van der Waals surface area contributed by atoms with Crippen LogP contribution in [0.1, 0.15) is 15.9 Å². The van der Waals surface area contributed by atoms with Gasteiger partial charge in [-0.25, -0.2) is 4.39 Å². The van der Waals surface area contributed by atoms with Crippen molar-refractivity contribution in [1.29, 1.82) is 0 Å². The maximum Gasteiger partial charge on any atom is 0.255 e. The molecule has 0 radical (unpaired) electrons. The number of rotatable bonds is 5. The van der Waals surface area contributed by atoms with E-state index in [1.165, 1.54) is 12.1 Å². The first-order valence-corrected chi connectivity index (χ1v) is 10.7. The quantitative estimate of drug-likeness (QED) is 0.693. The summed E-state index contributed by atoms with van der Waals surface area (Å²) in [6, 6.07) is 11.3. The lowest BCUT2D eigenvalue weighted by Gasteiger charge is -2.35. The standard InChI is InChI=1S/C20H19Cl2FN2O2S/c21-15-3-1-2-14(10-15)12-28-13-19(26)24-6-8-25(9-7-24)20(27)17-5-4-16(23)11-18(17)22/h1-5,10-11H,6-9,12-13H2. The van der Waals surface area contributed by atoms with Gasteiger partial charge in [0.25, 0.3) is 5.91 Å². The molecule has 0 saturated carbocycles. The van der Waals surface area contributed by atoms with Gasteiger partial charge in [0.15, 0.2) is 0 Å². The minimum atomic E-state index is -0.479. The van der Waals surface area contributed by atoms with Crippen LogP contribution in [0.5, 0.6) is 0 Å². The first kappa shape index (κ1) is 21.0. The molecular formula is C20H19Cl2FN2O2S. The molecule has 2 aromatic rings. The molecule has 1 aliphatic heterocycles. The molecule has 8 heteroatoms. The molecule has 0 atom stereocenters. The number of amides is 2. The first-order valence-electron chi connectivity index (χ1n) is 8.78. The minimum Gasteiger partial charge on any atom is -0.338 e. The molecule has 148 valence electrons. The normalized spacial score (nSPS) is 14.2. The lowest BCUT2D eigenvalue weighted by molar-refractivity contribution is -0.129. The number of carbonyl (C=O) groups excluding carboxylic acids is 2. The summed E-state index contributed by atoms with van der Waals surface area (Å²) < 4.78 is 13.2. The Kier molecular flexibility index (Phi) is 7.21. The number of piperazine rings is 1. The second-order valence-electron chi connectivity index (χ2n) is 6.42. The summed E-state index contributed by atoms with van der Waals surface area (Å²) in [5.41, 5.74) is 1.36. The van der Waals surface area contributed by atoms with Gasteiger partial charge in [-0.1, -0.05) is 35.3 Å². The molecule has 0 spiro atoms. The third-order valence-electron chi connectivity index (χ3n) is 4.46. The molecule has 2 aromatic carbocycles. The van der Waals surface area contributed by atoms with Crippen molar-refractivity contribution in [3.05, 3.63) is 69.5 Å². The number of nitrogens with zero attached hydrogens (tertiary/aromatic N) is 2. The van der Waals surface area contributed by atoms with E-state index >= 15 is 0 Å². The second kappa shape index (κ2) is 9.63. The molecule has 28 heavy (non-hydrogen) atoms. The summed E-state index contributed by atoms with van der Waals surface area (Å²) in [6.07, 6.45) is 0. The van der Waals surface area contributed by atoms with Crippen molar-refractivity contribution in [3.8, 4) is 0 Å². The largest absolute Gasteiger partial charge is 0.338 e. The van der Waals surface area contributed by atoms with Crippen LogP contribution in [-0.2, 0) is 10.5 Å². The highest BCUT2D eigenvalue weighted by Crippen LogP contribution is 2.21. The molecule has 0 unspecified atom stereocenters. The average molecular weight is 441 g/mol. The maximum absolute atomic E-state index is 13.2. The molecule has 1 saturated heterocycles. The monoisotopic (exact) mass is 440 g/mol. The number of benzene rings is 2. The third-order valence-corrected chi connectivity index (χ3v) is 6.00. The van der Waals surface area contributed by atoms with Crippen LogP contribution in [0.3, 0.4) is 0 Å². The Balaban J connectivity index is 1.46. The predicted octanol–water partition coefficient (Wildman–Crippen LogP) is 4.35. The van der Waals surface area contributed by atoms with Crippen molar-refractivity contribution >= 4 is 46.8 Å². The maximum atomic E-state index is 13.2. The molecule has 1 fully saturated rings. The Morgan fingerprint density at radius 3 is 2.39 bits per heavy atom. The number of carbonyl (C=O) groups is 2. The van der Waals surface area contributed by atoms with E-state index in [0.29, 0.717) is 42.7 Å². The van der Waals surface area contributed by atoms with Gasteiger partial charge in [-0.2, -0.15) is 0 Å². The molecule has 0 aromatic heterocycles. The van der Waals surface area contributed by atoms with Gasteiger partial charge in [0.05, 0.1) is 16.3 Å². The van der Waals surface area contributed by atoms with E-state index in [1.54, 1.807) is 21.6 Å². The Bertz CT molecular complexity index is 873. The summed E-state index contributed by atoms with van der Waals surface area (Å²) in [7, 11) is 0. The third kappa shape index (κ3) is 5.40. The lowest BCUT2D eigenvalue weighted by atomic mass is 10.1. The van der Waals surface area contributed by atoms with E-state index in [2.05, 4.69) is 0 Å². The molecule has 4 nitrogen and oxygen atoms in total. The Morgan fingerprint density at radius 2 is 1.71 bits per heavy atom. The molecule has 0 aliphatic carbocycles. The number of hydrogen-bond donors (Lipinski definition) is 0. The van der Waals surface area contributed by atoms with E-state index in [9.17, 15) is 14.0 Å². The zero-order valence-electron chi connectivity index (χ0n) is 15.0. The number of hydrogen-bond acceptors (Lipinski definition) is 3. The fourth-order valence-electron chi connectivity index (χ4n) is 2.97. The molecule has 0 N–H and O–H groups in total. The topological polar surface area (TPSA) is 40.6 Å². The van der Waals surface area contributed by atoms with Gasteiger partial charge in [-0.3, -0.25) is 9.59 Å². The van der Waals surface area contributed by atoms with Crippen LogP contribution in [0.4, 0.5) is 4.39 Å².